The van der Waals surface area contributed by atoms with Crippen LogP contribution in [0.5, 0.6) is 0 Å². The number of ether oxygens (including phenoxy) is 2. The standard InChI is InChI=1S/C9H9O6P/c1-3-5-13-16(11,14-6-4-2)8-7-12-9(10)15-8/h1-2,8H,5-7H2. The van der Waals surface area contributed by atoms with Gasteiger partial charge in [-0.3, -0.25) is 13.6 Å². The maximum atomic E-state index is 12.1. The summed E-state index contributed by atoms with van der Waals surface area (Å²) in [4.78, 5) is 10.7. The van der Waals surface area contributed by atoms with Gasteiger partial charge in [0.05, 0.1) is 0 Å². The molecule has 1 unspecified atom stereocenters. The van der Waals surface area contributed by atoms with Crippen LogP contribution in [0.1, 0.15) is 0 Å². The summed E-state index contributed by atoms with van der Waals surface area (Å²) in [5.74, 6) is 3.13. The van der Waals surface area contributed by atoms with Crippen LogP contribution in [-0.4, -0.2) is 31.8 Å². The second-order valence-electron chi connectivity index (χ2n) is 2.63. The van der Waals surface area contributed by atoms with E-state index in [0.717, 1.165) is 0 Å². The van der Waals surface area contributed by atoms with E-state index in [1.807, 2.05) is 0 Å². The van der Waals surface area contributed by atoms with Crippen molar-refractivity contribution in [1.29, 1.82) is 0 Å². The van der Waals surface area contributed by atoms with E-state index in [9.17, 15) is 9.36 Å². The molecule has 0 bridgehead atoms. The third kappa shape index (κ3) is 3.01. The van der Waals surface area contributed by atoms with Gasteiger partial charge in [-0.15, -0.1) is 12.8 Å². The van der Waals surface area contributed by atoms with Crippen LogP contribution in [0.15, 0.2) is 0 Å². The summed E-state index contributed by atoms with van der Waals surface area (Å²) >= 11 is 0. The minimum absolute atomic E-state index is 0.217. The average molecular weight is 244 g/mol. The monoisotopic (exact) mass is 244 g/mol. The van der Waals surface area contributed by atoms with E-state index in [2.05, 4.69) is 21.3 Å². The Bertz CT molecular complexity index is 368. The number of hydrogen-bond donors (Lipinski definition) is 0. The van der Waals surface area contributed by atoms with Crippen molar-refractivity contribution in [1.82, 2.24) is 0 Å². The van der Waals surface area contributed by atoms with Crippen molar-refractivity contribution < 1.29 is 27.9 Å². The molecule has 0 N–H and O–H groups in total. The fourth-order valence-electron chi connectivity index (χ4n) is 0.932. The predicted molar refractivity (Wildman–Crippen MR) is 53.4 cm³/mol. The maximum Gasteiger partial charge on any atom is 0.509 e. The van der Waals surface area contributed by atoms with Gasteiger partial charge in [0.2, 0.25) is 5.85 Å². The van der Waals surface area contributed by atoms with E-state index in [0.29, 0.717) is 0 Å². The van der Waals surface area contributed by atoms with Crippen molar-refractivity contribution in [3.05, 3.63) is 0 Å². The molecule has 0 spiro atoms. The first-order valence-electron chi connectivity index (χ1n) is 4.21. The van der Waals surface area contributed by atoms with Crippen LogP contribution in [0, 0.1) is 24.7 Å². The molecule has 1 atom stereocenters. The van der Waals surface area contributed by atoms with Gasteiger partial charge in [-0.25, -0.2) is 4.79 Å². The van der Waals surface area contributed by atoms with Crippen molar-refractivity contribution in [3.8, 4) is 24.7 Å². The molecule has 16 heavy (non-hydrogen) atoms. The van der Waals surface area contributed by atoms with Crippen LogP contribution >= 0.6 is 7.60 Å². The Kier molecular flexibility index (Phi) is 4.39. The molecular weight excluding hydrogens is 235 g/mol. The molecule has 6 nitrogen and oxygen atoms in total. The molecule has 1 rings (SSSR count). The molecule has 1 aliphatic rings. The number of rotatable bonds is 5. The molecular formula is C9H9O6P. The summed E-state index contributed by atoms with van der Waals surface area (Å²) in [6.45, 7) is -0.697. The number of terminal acetylenes is 2. The Hall–Kier alpha value is -1.46. The number of hydrogen-bond acceptors (Lipinski definition) is 6. The smallest absolute Gasteiger partial charge is 0.430 e. The molecule has 0 aromatic carbocycles. The zero-order chi connectivity index (χ0) is 12.0. The van der Waals surface area contributed by atoms with Crippen molar-refractivity contribution in [2.24, 2.45) is 0 Å². The van der Waals surface area contributed by atoms with Crippen LogP contribution in [0.2, 0.25) is 0 Å². The minimum atomic E-state index is -3.69. The van der Waals surface area contributed by atoms with Crippen LogP contribution in [0.25, 0.3) is 0 Å². The Morgan fingerprint density at radius 3 is 2.31 bits per heavy atom. The Morgan fingerprint density at radius 1 is 1.38 bits per heavy atom. The van der Waals surface area contributed by atoms with E-state index in [1.54, 1.807) is 0 Å². The lowest BCUT2D eigenvalue weighted by molar-refractivity contribution is 0.119. The van der Waals surface area contributed by atoms with Crippen molar-refractivity contribution in [2.75, 3.05) is 19.8 Å². The van der Waals surface area contributed by atoms with Gasteiger partial charge in [-0.2, -0.15) is 0 Å². The molecule has 0 aromatic rings. The molecule has 0 saturated carbocycles. The first kappa shape index (κ1) is 12.6. The SMILES string of the molecule is C#CCOP(=O)(OCC#C)C1COC(=O)O1. The van der Waals surface area contributed by atoms with Crippen LogP contribution < -0.4 is 0 Å². The summed E-state index contributed by atoms with van der Waals surface area (Å²) in [7, 11) is -3.69. The molecule has 0 aliphatic carbocycles. The molecule has 0 aromatic heterocycles. The lowest BCUT2D eigenvalue weighted by Crippen LogP contribution is -2.15. The van der Waals surface area contributed by atoms with Crippen molar-refractivity contribution in [2.45, 2.75) is 5.85 Å². The second-order valence-corrected chi connectivity index (χ2v) is 4.80. The summed E-state index contributed by atoms with van der Waals surface area (Å²) in [6, 6.07) is 0. The predicted octanol–water partition coefficient (Wildman–Crippen LogP) is 0.972. The average Bonchev–Trinajstić information content (AvgIpc) is 2.71. The molecule has 1 saturated heterocycles. The van der Waals surface area contributed by atoms with Gasteiger partial charge in [0.15, 0.2) is 0 Å². The number of carbonyl (C=O) groups is 1. The van der Waals surface area contributed by atoms with E-state index in [4.69, 9.17) is 21.9 Å². The lowest BCUT2D eigenvalue weighted by Gasteiger charge is -2.19. The van der Waals surface area contributed by atoms with Crippen molar-refractivity contribution >= 4 is 13.8 Å². The third-order valence-electron chi connectivity index (χ3n) is 1.58. The normalized spacial score (nSPS) is 19.4. The Morgan fingerprint density at radius 2 is 1.94 bits per heavy atom. The third-order valence-corrected chi connectivity index (χ3v) is 3.52. The summed E-state index contributed by atoms with van der Waals surface area (Å²) in [5.41, 5.74) is 0. The van der Waals surface area contributed by atoms with Crippen LogP contribution in [-0.2, 0) is 23.1 Å². The van der Waals surface area contributed by atoms with Gasteiger partial charge in [-0.1, -0.05) is 11.8 Å². The largest absolute Gasteiger partial charge is 0.509 e. The number of carbonyl (C=O) groups excluding carboxylic acids is 1. The first-order valence-corrected chi connectivity index (χ1v) is 5.82. The molecule has 0 amide bonds. The molecule has 1 heterocycles. The number of cyclic esters (lactones) is 2. The van der Waals surface area contributed by atoms with Gasteiger partial charge < -0.3 is 9.47 Å². The Labute approximate surface area is 92.7 Å². The highest BCUT2D eigenvalue weighted by molar-refractivity contribution is 7.54. The van der Waals surface area contributed by atoms with Gasteiger partial charge in [0.1, 0.15) is 19.8 Å². The Balaban J connectivity index is 2.70. The fourth-order valence-corrected chi connectivity index (χ4v) is 2.32. The van der Waals surface area contributed by atoms with Gasteiger partial charge >= 0.3 is 13.8 Å². The fraction of sp³-hybridized carbons (Fsp3) is 0.444. The van der Waals surface area contributed by atoms with Crippen LogP contribution in [0.3, 0.4) is 0 Å². The highest BCUT2D eigenvalue weighted by Crippen LogP contribution is 2.54. The highest BCUT2D eigenvalue weighted by Gasteiger charge is 2.44. The molecule has 1 aliphatic heterocycles. The van der Waals surface area contributed by atoms with E-state index in [-0.39, 0.29) is 19.8 Å². The van der Waals surface area contributed by atoms with E-state index < -0.39 is 19.6 Å². The topological polar surface area (TPSA) is 71.1 Å². The minimum Gasteiger partial charge on any atom is -0.430 e. The van der Waals surface area contributed by atoms with Crippen LogP contribution in [0.4, 0.5) is 4.79 Å². The van der Waals surface area contributed by atoms with Crippen molar-refractivity contribution in [3.63, 3.8) is 0 Å². The molecule has 86 valence electrons. The molecule has 0 radical (unpaired) electrons. The highest BCUT2D eigenvalue weighted by atomic mass is 31.2. The van der Waals surface area contributed by atoms with E-state index >= 15 is 0 Å². The molecule has 1 fully saturated rings. The summed E-state index contributed by atoms with van der Waals surface area (Å²) < 4.78 is 30.9. The van der Waals surface area contributed by atoms with Gasteiger partial charge in [0, 0.05) is 0 Å². The zero-order valence-electron chi connectivity index (χ0n) is 8.25. The molecule has 7 heteroatoms. The summed E-state index contributed by atoms with van der Waals surface area (Å²) in [6.07, 6.45) is 8.99. The van der Waals surface area contributed by atoms with E-state index in [1.165, 1.54) is 0 Å². The second kappa shape index (κ2) is 5.58. The maximum absolute atomic E-state index is 12.1. The first-order chi connectivity index (χ1) is 7.62. The van der Waals surface area contributed by atoms with Gasteiger partial charge in [-0.05, 0) is 0 Å². The zero-order valence-corrected chi connectivity index (χ0v) is 9.14. The summed E-state index contributed by atoms with van der Waals surface area (Å²) in [5, 5.41) is 0. The lowest BCUT2D eigenvalue weighted by atomic mass is 10.8. The van der Waals surface area contributed by atoms with Gasteiger partial charge in [0.25, 0.3) is 0 Å². The quantitative estimate of drug-likeness (QED) is 0.407.